The molecule has 0 heterocycles. The van der Waals surface area contributed by atoms with Gasteiger partial charge in [0.15, 0.2) is 0 Å². The summed E-state index contributed by atoms with van der Waals surface area (Å²) in [7, 11) is 1.62. The average Bonchev–Trinajstić information content (AvgIpc) is 2.42. The molecule has 4 heteroatoms. The minimum absolute atomic E-state index is 0.121. The van der Waals surface area contributed by atoms with Crippen molar-refractivity contribution in [1.82, 2.24) is 5.32 Å². The molecule has 2 atom stereocenters. The van der Waals surface area contributed by atoms with Crippen molar-refractivity contribution in [2.75, 3.05) is 12.4 Å². The molecule has 0 aliphatic heterocycles. The molecule has 0 radical (unpaired) electrons. The third kappa shape index (κ3) is 3.88. The first kappa shape index (κ1) is 13.7. The van der Waals surface area contributed by atoms with Gasteiger partial charge < -0.3 is 15.4 Å². The van der Waals surface area contributed by atoms with E-state index >= 15 is 0 Å². The lowest BCUT2D eigenvalue weighted by molar-refractivity contribution is 0.232. The van der Waals surface area contributed by atoms with Gasteiger partial charge in [0, 0.05) is 11.7 Å². The quantitative estimate of drug-likeness (QED) is 0.877. The molecule has 4 nitrogen and oxygen atoms in total. The Bertz CT molecular complexity index is 417. The zero-order valence-electron chi connectivity index (χ0n) is 11.6. The van der Waals surface area contributed by atoms with Crippen molar-refractivity contribution in [3.8, 4) is 5.75 Å². The summed E-state index contributed by atoms with van der Waals surface area (Å²) in [5.74, 6) is 1.35. The first-order chi connectivity index (χ1) is 9.19. The van der Waals surface area contributed by atoms with Gasteiger partial charge in [0.1, 0.15) is 5.75 Å². The number of carbonyl (C=O) groups excluding carboxylic acids is 1. The first-order valence-corrected chi connectivity index (χ1v) is 6.90. The summed E-state index contributed by atoms with van der Waals surface area (Å²) in [6.45, 7) is 2.21. The number of rotatable bonds is 3. The van der Waals surface area contributed by atoms with Crippen molar-refractivity contribution in [3.63, 3.8) is 0 Å². The van der Waals surface area contributed by atoms with Crippen LogP contribution < -0.4 is 15.4 Å². The van der Waals surface area contributed by atoms with Gasteiger partial charge in [0.05, 0.1) is 7.11 Å². The molecule has 0 aromatic heterocycles. The van der Waals surface area contributed by atoms with Crippen LogP contribution in [0.25, 0.3) is 0 Å². The normalized spacial score (nSPS) is 22.6. The molecular weight excluding hydrogens is 240 g/mol. The molecule has 19 heavy (non-hydrogen) atoms. The summed E-state index contributed by atoms with van der Waals surface area (Å²) in [6.07, 6.45) is 4.77. The number of nitrogens with one attached hydrogen (secondary N) is 2. The third-order valence-electron chi connectivity index (χ3n) is 3.78. The van der Waals surface area contributed by atoms with Crippen LogP contribution in [0, 0.1) is 5.92 Å². The molecule has 1 aliphatic carbocycles. The highest BCUT2D eigenvalue weighted by Crippen LogP contribution is 2.23. The summed E-state index contributed by atoms with van der Waals surface area (Å²) < 4.78 is 5.08. The van der Waals surface area contributed by atoms with E-state index in [1.165, 1.54) is 19.3 Å². The van der Waals surface area contributed by atoms with Gasteiger partial charge in [0.2, 0.25) is 0 Å². The standard InChI is InChI=1S/C15H22N2O2/c1-11-5-3-4-6-14(11)17-15(18)16-12-7-9-13(19-2)10-8-12/h7-11,14H,3-6H2,1-2H3,(H2,16,17,18)/t11-,14+/m0/s1. The van der Waals surface area contributed by atoms with Crippen LogP contribution in [-0.4, -0.2) is 19.2 Å². The van der Waals surface area contributed by atoms with E-state index in [1.54, 1.807) is 7.11 Å². The van der Waals surface area contributed by atoms with Crippen molar-refractivity contribution in [2.45, 2.75) is 38.6 Å². The number of carbonyl (C=O) groups is 1. The van der Waals surface area contributed by atoms with Gasteiger partial charge in [-0.15, -0.1) is 0 Å². The maximum absolute atomic E-state index is 11.9. The number of anilines is 1. The Morgan fingerprint density at radius 3 is 2.53 bits per heavy atom. The van der Waals surface area contributed by atoms with Crippen LogP contribution in [-0.2, 0) is 0 Å². The zero-order valence-corrected chi connectivity index (χ0v) is 11.6. The van der Waals surface area contributed by atoms with Crippen molar-refractivity contribution < 1.29 is 9.53 Å². The largest absolute Gasteiger partial charge is 0.497 e. The maximum Gasteiger partial charge on any atom is 0.319 e. The fourth-order valence-corrected chi connectivity index (χ4v) is 2.54. The highest BCUT2D eigenvalue weighted by atomic mass is 16.5. The minimum atomic E-state index is -0.121. The molecule has 1 aromatic rings. The Morgan fingerprint density at radius 1 is 1.21 bits per heavy atom. The third-order valence-corrected chi connectivity index (χ3v) is 3.78. The molecule has 0 unspecified atom stereocenters. The van der Waals surface area contributed by atoms with E-state index in [0.29, 0.717) is 12.0 Å². The van der Waals surface area contributed by atoms with Crippen LogP contribution in [0.1, 0.15) is 32.6 Å². The molecule has 1 fully saturated rings. The molecular formula is C15H22N2O2. The zero-order chi connectivity index (χ0) is 13.7. The van der Waals surface area contributed by atoms with Gasteiger partial charge in [-0.25, -0.2) is 4.79 Å². The van der Waals surface area contributed by atoms with Crippen LogP contribution >= 0.6 is 0 Å². The van der Waals surface area contributed by atoms with E-state index in [-0.39, 0.29) is 6.03 Å². The van der Waals surface area contributed by atoms with E-state index in [9.17, 15) is 4.79 Å². The number of benzene rings is 1. The summed E-state index contributed by atoms with van der Waals surface area (Å²) in [6, 6.07) is 7.51. The summed E-state index contributed by atoms with van der Waals surface area (Å²) in [4.78, 5) is 11.9. The van der Waals surface area contributed by atoms with Crippen LogP contribution in [0.5, 0.6) is 5.75 Å². The monoisotopic (exact) mass is 262 g/mol. The highest BCUT2D eigenvalue weighted by Gasteiger charge is 2.22. The van der Waals surface area contributed by atoms with Crippen molar-refractivity contribution >= 4 is 11.7 Å². The Hall–Kier alpha value is -1.71. The van der Waals surface area contributed by atoms with E-state index in [0.717, 1.165) is 17.9 Å². The topological polar surface area (TPSA) is 50.4 Å². The first-order valence-electron chi connectivity index (χ1n) is 6.90. The number of hydrogen-bond donors (Lipinski definition) is 2. The number of hydrogen-bond acceptors (Lipinski definition) is 2. The summed E-state index contributed by atoms with van der Waals surface area (Å²) in [5, 5.41) is 5.92. The lowest BCUT2D eigenvalue weighted by Crippen LogP contribution is -2.43. The Kier molecular flexibility index (Phi) is 4.66. The van der Waals surface area contributed by atoms with Crippen LogP contribution in [0.4, 0.5) is 10.5 Å². The van der Waals surface area contributed by atoms with Crippen molar-refractivity contribution in [1.29, 1.82) is 0 Å². The molecule has 104 valence electrons. The van der Waals surface area contributed by atoms with Gasteiger partial charge in [-0.1, -0.05) is 19.8 Å². The average molecular weight is 262 g/mol. The van der Waals surface area contributed by atoms with Gasteiger partial charge >= 0.3 is 6.03 Å². The number of ether oxygens (including phenoxy) is 1. The van der Waals surface area contributed by atoms with Gasteiger partial charge in [-0.05, 0) is 43.0 Å². The fourth-order valence-electron chi connectivity index (χ4n) is 2.54. The van der Waals surface area contributed by atoms with E-state index in [4.69, 9.17) is 4.74 Å². The smallest absolute Gasteiger partial charge is 0.319 e. The Balaban J connectivity index is 1.86. The number of methoxy groups -OCH3 is 1. The SMILES string of the molecule is COc1ccc(NC(=O)N[C@@H]2CCCC[C@@H]2C)cc1. The van der Waals surface area contributed by atoms with Crippen LogP contribution in [0.2, 0.25) is 0 Å². The second-order valence-electron chi connectivity index (χ2n) is 5.20. The molecule has 1 saturated carbocycles. The van der Waals surface area contributed by atoms with E-state index in [1.807, 2.05) is 24.3 Å². The molecule has 1 aromatic carbocycles. The second kappa shape index (κ2) is 6.45. The number of urea groups is 1. The van der Waals surface area contributed by atoms with Gasteiger partial charge in [-0.3, -0.25) is 0 Å². The molecule has 2 N–H and O–H groups in total. The predicted molar refractivity (Wildman–Crippen MR) is 76.6 cm³/mol. The Morgan fingerprint density at radius 2 is 1.89 bits per heavy atom. The molecule has 0 bridgehead atoms. The lowest BCUT2D eigenvalue weighted by atomic mass is 9.86. The molecule has 2 amide bonds. The molecule has 1 aliphatic rings. The molecule has 0 saturated heterocycles. The van der Waals surface area contributed by atoms with Crippen molar-refractivity contribution in [3.05, 3.63) is 24.3 Å². The van der Waals surface area contributed by atoms with Gasteiger partial charge in [-0.2, -0.15) is 0 Å². The van der Waals surface area contributed by atoms with Gasteiger partial charge in [0.25, 0.3) is 0 Å². The van der Waals surface area contributed by atoms with E-state index in [2.05, 4.69) is 17.6 Å². The van der Waals surface area contributed by atoms with Crippen LogP contribution in [0.15, 0.2) is 24.3 Å². The molecule has 2 rings (SSSR count). The lowest BCUT2D eigenvalue weighted by Gasteiger charge is -2.29. The molecule has 0 spiro atoms. The Labute approximate surface area is 114 Å². The summed E-state index contributed by atoms with van der Waals surface area (Å²) in [5.41, 5.74) is 0.779. The fraction of sp³-hybridized carbons (Fsp3) is 0.533. The maximum atomic E-state index is 11.9. The number of amides is 2. The van der Waals surface area contributed by atoms with Crippen molar-refractivity contribution in [2.24, 2.45) is 5.92 Å². The predicted octanol–water partition coefficient (Wildman–Crippen LogP) is 3.40. The van der Waals surface area contributed by atoms with Crippen LogP contribution in [0.3, 0.4) is 0 Å². The second-order valence-corrected chi connectivity index (χ2v) is 5.20. The summed E-state index contributed by atoms with van der Waals surface area (Å²) >= 11 is 0. The highest BCUT2D eigenvalue weighted by molar-refractivity contribution is 5.89. The van der Waals surface area contributed by atoms with E-state index < -0.39 is 0 Å². The minimum Gasteiger partial charge on any atom is -0.497 e.